The molecule has 0 saturated carbocycles. The summed E-state index contributed by atoms with van der Waals surface area (Å²) in [7, 11) is 0. The monoisotopic (exact) mass is 244 g/mol. The highest BCUT2D eigenvalue weighted by atomic mass is 32.1. The van der Waals surface area contributed by atoms with Gasteiger partial charge in [-0.2, -0.15) is 5.26 Å². The first kappa shape index (κ1) is 11.6. The maximum absolute atomic E-state index is 11.8. The Kier molecular flexibility index (Phi) is 3.40. The van der Waals surface area contributed by atoms with Gasteiger partial charge in [-0.25, -0.2) is 0 Å². The minimum absolute atomic E-state index is 0.194. The fraction of sp³-hybridized carbons (Fsp3) is 0.231. The van der Waals surface area contributed by atoms with Crippen LogP contribution in [0.15, 0.2) is 35.3 Å². The van der Waals surface area contributed by atoms with Crippen LogP contribution in [0.2, 0.25) is 0 Å². The fourth-order valence-electron chi connectivity index (χ4n) is 1.61. The van der Waals surface area contributed by atoms with Gasteiger partial charge in [0.25, 0.3) is 5.56 Å². The van der Waals surface area contributed by atoms with Crippen molar-refractivity contribution in [1.82, 2.24) is 4.57 Å². The van der Waals surface area contributed by atoms with Gasteiger partial charge in [0.2, 0.25) is 0 Å². The van der Waals surface area contributed by atoms with E-state index in [1.165, 1.54) is 4.88 Å². The smallest absolute Gasteiger partial charge is 0.268 e. The van der Waals surface area contributed by atoms with Gasteiger partial charge in [-0.3, -0.25) is 4.79 Å². The van der Waals surface area contributed by atoms with Gasteiger partial charge in [-0.15, -0.1) is 11.3 Å². The maximum atomic E-state index is 11.8. The SMILES string of the molecule is CCc1ccc(Cn2cccc(C#N)c2=O)s1. The van der Waals surface area contributed by atoms with Crippen molar-refractivity contribution in [3.63, 3.8) is 0 Å². The summed E-state index contributed by atoms with van der Waals surface area (Å²) in [6.07, 6.45) is 2.73. The highest BCUT2D eigenvalue weighted by Crippen LogP contribution is 2.17. The van der Waals surface area contributed by atoms with Crippen LogP contribution in [-0.4, -0.2) is 4.57 Å². The topological polar surface area (TPSA) is 45.8 Å². The molecule has 0 radical (unpaired) electrons. The third kappa shape index (κ3) is 2.45. The second-order valence-corrected chi connectivity index (χ2v) is 4.94. The minimum Gasteiger partial charge on any atom is -0.309 e. The molecule has 2 heterocycles. The van der Waals surface area contributed by atoms with E-state index in [9.17, 15) is 4.79 Å². The number of thiophene rings is 1. The lowest BCUT2D eigenvalue weighted by Crippen LogP contribution is -2.21. The summed E-state index contributed by atoms with van der Waals surface area (Å²) in [6.45, 7) is 2.65. The summed E-state index contributed by atoms with van der Waals surface area (Å²) in [4.78, 5) is 14.3. The molecule has 0 amide bonds. The number of nitrogens with zero attached hydrogens (tertiary/aromatic N) is 2. The molecule has 0 aromatic carbocycles. The van der Waals surface area contributed by atoms with Gasteiger partial charge < -0.3 is 4.57 Å². The standard InChI is InChI=1S/C13H12N2OS/c1-2-11-5-6-12(17-11)9-15-7-3-4-10(8-14)13(15)16/h3-7H,2,9H2,1H3. The first-order valence-electron chi connectivity index (χ1n) is 5.41. The van der Waals surface area contributed by atoms with E-state index < -0.39 is 0 Å². The van der Waals surface area contributed by atoms with E-state index in [2.05, 4.69) is 13.0 Å². The van der Waals surface area contributed by atoms with Crippen LogP contribution >= 0.6 is 11.3 Å². The van der Waals surface area contributed by atoms with Gasteiger partial charge in [-0.05, 0) is 30.7 Å². The summed E-state index contributed by atoms with van der Waals surface area (Å²) >= 11 is 1.71. The highest BCUT2D eigenvalue weighted by Gasteiger charge is 2.04. The van der Waals surface area contributed by atoms with E-state index in [0.717, 1.165) is 11.3 Å². The van der Waals surface area contributed by atoms with Crippen molar-refractivity contribution in [3.05, 3.63) is 56.1 Å². The first-order valence-corrected chi connectivity index (χ1v) is 6.23. The molecule has 0 aliphatic rings. The summed E-state index contributed by atoms with van der Waals surface area (Å²) in [5.41, 5.74) is -0.0266. The Morgan fingerprint density at radius 3 is 2.76 bits per heavy atom. The van der Waals surface area contributed by atoms with E-state index in [1.54, 1.807) is 34.2 Å². The summed E-state index contributed by atoms with van der Waals surface area (Å²) in [5, 5.41) is 8.79. The quantitative estimate of drug-likeness (QED) is 0.832. The van der Waals surface area contributed by atoms with E-state index in [-0.39, 0.29) is 11.1 Å². The Bertz CT molecular complexity index is 619. The lowest BCUT2D eigenvalue weighted by Gasteiger charge is -2.03. The van der Waals surface area contributed by atoms with Crippen LogP contribution in [0.25, 0.3) is 0 Å². The van der Waals surface area contributed by atoms with Crippen LogP contribution < -0.4 is 5.56 Å². The molecule has 0 saturated heterocycles. The molecule has 2 aromatic heterocycles. The Balaban J connectivity index is 2.31. The largest absolute Gasteiger partial charge is 0.309 e. The van der Waals surface area contributed by atoms with Gasteiger partial charge >= 0.3 is 0 Å². The summed E-state index contributed by atoms with van der Waals surface area (Å²) < 4.78 is 1.57. The molecule has 2 rings (SSSR count). The van der Waals surface area contributed by atoms with E-state index in [4.69, 9.17) is 5.26 Å². The van der Waals surface area contributed by atoms with Gasteiger partial charge in [-0.1, -0.05) is 6.92 Å². The van der Waals surface area contributed by atoms with Crippen LogP contribution in [0.3, 0.4) is 0 Å². The molecule has 3 nitrogen and oxygen atoms in total. The molecule has 0 fully saturated rings. The van der Waals surface area contributed by atoms with Gasteiger partial charge in [0.05, 0.1) is 6.54 Å². The van der Waals surface area contributed by atoms with E-state index >= 15 is 0 Å². The molecule has 0 aliphatic carbocycles. The van der Waals surface area contributed by atoms with Crippen molar-refractivity contribution < 1.29 is 0 Å². The number of aryl methyl sites for hydroxylation is 1. The molecule has 0 unspecified atom stereocenters. The van der Waals surface area contributed by atoms with Crippen LogP contribution in [0, 0.1) is 11.3 Å². The average molecular weight is 244 g/mol. The molecule has 0 aliphatic heterocycles. The van der Waals surface area contributed by atoms with Crippen molar-refractivity contribution in [1.29, 1.82) is 5.26 Å². The van der Waals surface area contributed by atoms with Gasteiger partial charge in [0, 0.05) is 16.0 Å². The van der Waals surface area contributed by atoms with Crippen molar-refractivity contribution in [2.45, 2.75) is 19.9 Å². The molecular weight excluding hydrogens is 232 g/mol. The van der Waals surface area contributed by atoms with Gasteiger partial charge in [0.15, 0.2) is 0 Å². The number of hydrogen-bond donors (Lipinski definition) is 0. The predicted octanol–water partition coefficient (Wildman–Crippen LogP) is 2.39. The minimum atomic E-state index is -0.221. The van der Waals surface area contributed by atoms with Crippen molar-refractivity contribution in [2.24, 2.45) is 0 Å². The van der Waals surface area contributed by atoms with Crippen LogP contribution in [0.4, 0.5) is 0 Å². The first-order chi connectivity index (χ1) is 8.24. The molecule has 0 N–H and O–H groups in total. The van der Waals surface area contributed by atoms with E-state index in [1.807, 2.05) is 12.1 Å². The maximum Gasteiger partial charge on any atom is 0.268 e. The predicted molar refractivity (Wildman–Crippen MR) is 68.2 cm³/mol. The van der Waals surface area contributed by atoms with Crippen molar-refractivity contribution in [3.8, 4) is 6.07 Å². The molecule has 0 atom stereocenters. The Hall–Kier alpha value is -1.86. The third-order valence-corrected chi connectivity index (χ3v) is 3.75. The molecule has 4 heteroatoms. The summed E-state index contributed by atoms with van der Waals surface area (Å²) in [5.74, 6) is 0. The summed E-state index contributed by atoms with van der Waals surface area (Å²) in [6, 6.07) is 9.30. The van der Waals surface area contributed by atoms with Crippen molar-refractivity contribution in [2.75, 3.05) is 0 Å². The average Bonchev–Trinajstić information content (AvgIpc) is 2.79. The zero-order valence-electron chi connectivity index (χ0n) is 9.51. The highest BCUT2D eigenvalue weighted by molar-refractivity contribution is 7.11. The number of rotatable bonds is 3. The lowest BCUT2D eigenvalue weighted by atomic mass is 10.3. The number of aromatic nitrogens is 1. The fourth-order valence-corrected chi connectivity index (χ4v) is 2.57. The molecule has 86 valence electrons. The molecular formula is C13H12N2OS. The van der Waals surface area contributed by atoms with Crippen LogP contribution in [0.1, 0.15) is 22.2 Å². The zero-order chi connectivity index (χ0) is 12.3. The Morgan fingerprint density at radius 2 is 2.12 bits per heavy atom. The number of pyridine rings is 1. The second kappa shape index (κ2) is 4.98. The zero-order valence-corrected chi connectivity index (χ0v) is 10.3. The van der Waals surface area contributed by atoms with Gasteiger partial charge in [0.1, 0.15) is 11.6 Å². The lowest BCUT2D eigenvalue weighted by molar-refractivity contribution is 0.767. The Labute approximate surface area is 104 Å². The molecule has 17 heavy (non-hydrogen) atoms. The van der Waals surface area contributed by atoms with E-state index in [0.29, 0.717) is 6.54 Å². The second-order valence-electron chi connectivity index (χ2n) is 3.69. The van der Waals surface area contributed by atoms with Crippen molar-refractivity contribution >= 4 is 11.3 Å². The third-order valence-electron chi connectivity index (χ3n) is 2.53. The van der Waals surface area contributed by atoms with Crippen LogP contribution in [-0.2, 0) is 13.0 Å². The molecule has 2 aromatic rings. The molecule has 0 bridgehead atoms. The number of nitriles is 1. The molecule has 0 spiro atoms. The normalized spacial score (nSPS) is 10.1. The number of hydrogen-bond acceptors (Lipinski definition) is 3. The Morgan fingerprint density at radius 1 is 1.35 bits per heavy atom. The van der Waals surface area contributed by atoms with Crippen LogP contribution in [0.5, 0.6) is 0 Å².